The third-order valence-corrected chi connectivity index (χ3v) is 6.10. The number of aryl methyl sites for hydroxylation is 2. The van der Waals surface area contributed by atoms with E-state index in [1.807, 2.05) is 17.8 Å². The Morgan fingerprint density at radius 2 is 2.04 bits per heavy atom. The van der Waals surface area contributed by atoms with E-state index in [-0.39, 0.29) is 11.6 Å². The molecule has 2 aliphatic rings. The van der Waals surface area contributed by atoms with Gasteiger partial charge in [0.25, 0.3) is 5.56 Å². The topological polar surface area (TPSA) is 59.8 Å². The second-order valence-corrected chi connectivity index (χ2v) is 7.93. The van der Waals surface area contributed by atoms with Crippen molar-refractivity contribution in [2.75, 3.05) is 0 Å². The number of hydrogen-bond acceptors (Lipinski definition) is 5. The van der Waals surface area contributed by atoms with Crippen LogP contribution in [-0.2, 0) is 19.4 Å². The van der Waals surface area contributed by atoms with Gasteiger partial charge >= 0.3 is 0 Å². The number of rotatable bonds is 4. The van der Waals surface area contributed by atoms with Gasteiger partial charge in [0.05, 0.1) is 17.2 Å². The van der Waals surface area contributed by atoms with E-state index in [1.165, 1.54) is 23.3 Å². The van der Waals surface area contributed by atoms with Crippen molar-refractivity contribution >= 4 is 11.3 Å². The third-order valence-electron chi connectivity index (χ3n) is 5.32. The molecule has 0 aromatic carbocycles. The van der Waals surface area contributed by atoms with Crippen LogP contribution in [0.1, 0.15) is 60.7 Å². The first kappa shape index (κ1) is 16.0. The second kappa shape index (κ2) is 7.15. The van der Waals surface area contributed by atoms with Crippen molar-refractivity contribution in [3.63, 3.8) is 0 Å². The molecule has 0 bridgehead atoms. The molecule has 0 radical (unpaired) electrons. The van der Waals surface area contributed by atoms with E-state index in [9.17, 15) is 4.79 Å². The Balaban J connectivity index is 1.38. The fraction of sp³-hybridized carbons (Fsp3) is 0.611. The normalized spacial score (nSPS) is 23.8. The van der Waals surface area contributed by atoms with Crippen molar-refractivity contribution < 1.29 is 0 Å². The molecule has 128 valence electrons. The van der Waals surface area contributed by atoms with E-state index in [0.29, 0.717) is 6.04 Å². The minimum absolute atomic E-state index is 0.0942. The lowest BCUT2D eigenvalue weighted by Crippen LogP contribution is -2.37. The van der Waals surface area contributed by atoms with Crippen molar-refractivity contribution in [3.8, 4) is 0 Å². The standard InChI is InChI=1S/C18H24N4OS/c23-18-9-13-3-1-2-4-17(13)21-22(18)15-7-5-14(6-8-15)20-11-16-10-19-12-24-16/h9-10,12,14-15,20H,1-8,11H2. The van der Waals surface area contributed by atoms with Gasteiger partial charge in [0.2, 0.25) is 0 Å². The van der Waals surface area contributed by atoms with Crippen LogP contribution in [0.15, 0.2) is 22.6 Å². The van der Waals surface area contributed by atoms with Crippen LogP contribution in [0.25, 0.3) is 0 Å². The van der Waals surface area contributed by atoms with Gasteiger partial charge in [-0.3, -0.25) is 9.78 Å². The number of aromatic nitrogens is 3. The number of nitrogens with zero attached hydrogens (tertiary/aromatic N) is 3. The third kappa shape index (κ3) is 3.44. The van der Waals surface area contributed by atoms with Crippen molar-refractivity contribution in [1.82, 2.24) is 20.1 Å². The maximum Gasteiger partial charge on any atom is 0.267 e. The number of thiazole rings is 1. The van der Waals surface area contributed by atoms with Crippen LogP contribution in [0, 0.1) is 0 Å². The van der Waals surface area contributed by atoms with Crippen LogP contribution in [0.3, 0.4) is 0 Å². The fourth-order valence-corrected chi connectivity index (χ4v) is 4.48. The van der Waals surface area contributed by atoms with Gasteiger partial charge < -0.3 is 5.32 Å². The van der Waals surface area contributed by atoms with Crippen LogP contribution in [-0.4, -0.2) is 20.8 Å². The average molecular weight is 344 g/mol. The van der Waals surface area contributed by atoms with Gasteiger partial charge in [-0.2, -0.15) is 5.10 Å². The second-order valence-electron chi connectivity index (χ2n) is 6.96. The summed E-state index contributed by atoms with van der Waals surface area (Å²) in [5.74, 6) is 0. The zero-order chi connectivity index (χ0) is 16.4. The van der Waals surface area contributed by atoms with Crippen LogP contribution >= 0.6 is 11.3 Å². The number of hydrogen-bond donors (Lipinski definition) is 1. The molecular formula is C18H24N4OS. The van der Waals surface area contributed by atoms with Crippen molar-refractivity contribution in [3.05, 3.63) is 44.3 Å². The molecule has 2 aliphatic carbocycles. The largest absolute Gasteiger partial charge is 0.309 e. The molecule has 0 spiro atoms. The Morgan fingerprint density at radius 1 is 1.21 bits per heavy atom. The van der Waals surface area contributed by atoms with Crippen LogP contribution in [0.2, 0.25) is 0 Å². The Bertz CT molecular complexity index is 732. The highest BCUT2D eigenvalue weighted by atomic mass is 32.1. The molecule has 1 saturated carbocycles. The van der Waals surface area contributed by atoms with Gasteiger partial charge in [-0.15, -0.1) is 11.3 Å². The first-order chi connectivity index (χ1) is 11.8. The van der Waals surface area contributed by atoms with E-state index >= 15 is 0 Å². The monoisotopic (exact) mass is 344 g/mol. The van der Waals surface area contributed by atoms with Crippen molar-refractivity contribution in [2.45, 2.75) is 70.0 Å². The number of fused-ring (bicyclic) bond motifs is 1. The Hall–Kier alpha value is -1.53. The van der Waals surface area contributed by atoms with Gasteiger partial charge in [0, 0.05) is 29.7 Å². The summed E-state index contributed by atoms with van der Waals surface area (Å²) < 4.78 is 1.78. The maximum absolute atomic E-state index is 12.4. The summed E-state index contributed by atoms with van der Waals surface area (Å²) in [6.07, 6.45) is 10.6. The summed E-state index contributed by atoms with van der Waals surface area (Å²) in [5, 5.41) is 8.35. The first-order valence-electron chi connectivity index (χ1n) is 9.02. The van der Waals surface area contributed by atoms with Crippen LogP contribution < -0.4 is 10.9 Å². The van der Waals surface area contributed by atoms with Gasteiger partial charge in [0.1, 0.15) is 0 Å². The maximum atomic E-state index is 12.4. The van der Waals surface area contributed by atoms with Gasteiger partial charge in [-0.1, -0.05) is 0 Å². The Morgan fingerprint density at radius 3 is 2.83 bits per heavy atom. The molecule has 1 fully saturated rings. The first-order valence-corrected chi connectivity index (χ1v) is 9.90. The molecule has 0 unspecified atom stereocenters. The quantitative estimate of drug-likeness (QED) is 0.926. The molecular weight excluding hydrogens is 320 g/mol. The fourth-order valence-electron chi connectivity index (χ4n) is 3.94. The highest BCUT2D eigenvalue weighted by Gasteiger charge is 2.24. The zero-order valence-electron chi connectivity index (χ0n) is 13.9. The lowest BCUT2D eigenvalue weighted by Gasteiger charge is -2.30. The summed E-state index contributed by atoms with van der Waals surface area (Å²) in [5.41, 5.74) is 4.31. The molecule has 2 aromatic rings. The molecule has 6 heteroatoms. The summed E-state index contributed by atoms with van der Waals surface area (Å²) in [6.45, 7) is 0.900. The molecule has 0 saturated heterocycles. The van der Waals surface area contributed by atoms with Crippen molar-refractivity contribution in [2.24, 2.45) is 0 Å². The van der Waals surface area contributed by atoms with Gasteiger partial charge in [-0.25, -0.2) is 4.68 Å². The molecule has 5 nitrogen and oxygen atoms in total. The van der Waals surface area contributed by atoms with Crippen molar-refractivity contribution in [1.29, 1.82) is 0 Å². The lowest BCUT2D eigenvalue weighted by molar-refractivity contribution is 0.266. The summed E-state index contributed by atoms with van der Waals surface area (Å²) in [4.78, 5) is 17.8. The molecule has 0 amide bonds. The smallest absolute Gasteiger partial charge is 0.267 e. The molecule has 2 aromatic heterocycles. The molecule has 1 N–H and O–H groups in total. The predicted octanol–water partition coefficient (Wildman–Crippen LogP) is 2.85. The summed E-state index contributed by atoms with van der Waals surface area (Å²) in [7, 11) is 0. The summed E-state index contributed by atoms with van der Waals surface area (Å²) >= 11 is 1.69. The Labute approximate surface area is 146 Å². The van der Waals surface area contributed by atoms with Crippen LogP contribution in [0.5, 0.6) is 0 Å². The average Bonchev–Trinajstić information content (AvgIpc) is 3.13. The molecule has 0 atom stereocenters. The highest BCUT2D eigenvalue weighted by Crippen LogP contribution is 2.28. The highest BCUT2D eigenvalue weighted by molar-refractivity contribution is 7.09. The minimum atomic E-state index is 0.0942. The number of nitrogens with one attached hydrogen (secondary N) is 1. The van der Waals surface area contributed by atoms with Gasteiger partial charge in [-0.05, 0) is 56.9 Å². The van der Waals surface area contributed by atoms with E-state index in [0.717, 1.165) is 50.8 Å². The lowest BCUT2D eigenvalue weighted by atomic mass is 9.91. The molecule has 4 rings (SSSR count). The molecule has 0 aliphatic heterocycles. The minimum Gasteiger partial charge on any atom is -0.309 e. The van der Waals surface area contributed by atoms with Crippen LogP contribution in [0.4, 0.5) is 0 Å². The zero-order valence-corrected chi connectivity index (χ0v) is 14.7. The Kier molecular flexibility index (Phi) is 4.76. The van der Waals surface area contributed by atoms with E-state index in [4.69, 9.17) is 5.10 Å². The van der Waals surface area contributed by atoms with E-state index in [2.05, 4.69) is 10.3 Å². The molecule has 2 heterocycles. The van der Waals surface area contributed by atoms with E-state index in [1.54, 1.807) is 16.0 Å². The van der Waals surface area contributed by atoms with Gasteiger partial charge in [0.15, 0.2) is 0 Å². The predicted molar refractivity (Wildman–Crippen MR) is 95.4 cm³/mol. The summed E-state index contributed by atoms with van der Waals surface area (Å²) in [6, 6.07) is 2.65. The molecule has 24 heavy (non-hydrogen) atoms. The SMILES string of the molecule is O=c1cc2c(nn1C1CCC(NCc3cncs3)CC1)CCCC2. The van der Waals surface area contributed by atoms with E-state index < -0.39 is 0 Å².